The van der Waals surface area contributed by atoms with Crippen molar-refractivity contribution in [3.05, 3.63) is 48.5 Å². The number of carbonyl (C=O) groups is 1. The summed E-state index contributed by atoms with van der Waals surface area (Å²) >= 11 is 3.57. The molecule has 24 heavy (non-hydrogen) atoms. The SMILES string of the molecule is CC(C)(C)SCCNC(=O)N1c2ccccc2Sc2ccccc21. The van der Waals surface area contributed by atoms with E-state index < -0.39 is 0 Å². The van der Waals surface area contributed by atoms with Crippen molar-refractivity contribution in [1.82, 2.24) is 5.32 Å². The number of rotatable bonds is 3. The summed E-state index contributed by atoms with van der Waals surface area (Å²) in [6, 6.07) is 16.0. The predicted octanol–water partition coefficient (Wildman–Crippen LogP) is 5.53. The molecule has 1 heterocycles. The van der Waals surface area contributed by atoms with Crippen molar-refractivity contribution in [2.45, 2.75) is 35.3 Å². The molecule has 126 valence electrons. The van der Waals surface area contributed by atoms with E-state index in [0.717, 1.165) is 26.9 Å². The fourth-order valence-corrected chi connectivity index (χ4v) is 4.39. The number of hydrogen-bond acceptors (Lipinski definition) is 3. The topological polar surface area (TPSA) is 32.3 Å². The molecule has 0 aromatic heterocycles. The van der Waals surface area contributed by atoms with Gasteiger partial charge in [0, 0.05) is 26.8 Å². The normalized spacial score (nSPS) is 13.2. The largest absolute Gasteiger partial charge is 0.337 e. The van der Waals surface area contributed by atoms with E-state index >= 15 is 0 Å². The van der Waals surface area contributed by atoms with Crippen molar-refractivity contribution in [3.63, 3.8) is 0 Å². The number of para-hydroxylation sites is 2. The molecule has 2 amide bonds. The first-order chi connectivity index (χ1) is 11.5. The van der Waals surface area contributed by atoms with Crippen molar-refractivity contribution < 1.29 is 4.79 Å². The van der Waals surface area contributed by atoms with Gasteiger partial charge >= 0.3 is 6.03 Å². The number of benzene rings is 2. The van der Waals surface area contributed by atoms with Crippen LogP contribution in [0.1, 0.15) is 20.8 Å². The molecule has 3 rings (SSSR count). The monoisotopic (exact) mass is 358 g/mol. The molecule has 2 aromatic rings. The Labute approximate surface area is 152 Å². The Balaban J connectivity index is 1.78. The minimum Gasteiger partial charge on any atom is -0.337 e. The van der Waals surface area contributed by atoms with Gasteiger partial charge in [-0.1, -0.05) is 56.8 Å². The van der Waals surface area contributed by atoms with Gasteiger partial charge in [-0.3, -0.25) is 4.90 Å². The Kier molecular flexibility index (Phi) is 5.11. The highest BCUT2D eigenvalue weighted by Crippen LogP contribution is 2.47. The summed E-state index contributed by atoms with van der Waals surface area (Å²) in [4.78, 5) is 16.9. The number of urea groups is 1. The molecule has 5 heteroatoms. The van der Waals surface area contributed by atoms with Crippen LogP contribution in [0.5, 0.6) is 0 Å². The maximum atomic E-state index is 12.8. The summed E-state index contributed by atoms with van der Waals surface area (Å²) in [6.45, 7) is 7.23. The number of amides is 2. The Bertz CT molecular complexity index is 695. The van der Waals surface area contributed by atoms with E-state index in [2.05, 4.69) is 38.2 Å². The van der Waals surface area contributed by atoms with Gasteiger partial charge in [0.05, 0.1) is 11.4 Å². The van der Waals surface area contributed by atoms with Gasteiger partial charge in [-0.25, -0.2) is 4.79 Å². The third-order valence-corrected chi connectivity index (χ3v) is 5.95. The number of anilines is 2. The van der Waals surface area contributed by atoms with E-state index in [1.165, 1.54) is 0 Å². The number of nitrogens with zero attached hydrogens (tertiary/aromatic N) is 1. The molecular formula is C19H22N2OS2. The van der Waals surface area contributed by atoms with E-state index in [0.29, 0.717) is 6.54 Å². The highest BCUT2D eigenvalue weighted by molar-refractivity contribution is 8.00. The zero-order valence-electron chi connectivity index (χ0n) is 14.2. The second-order valence-corrected chi connectivity index (χ2v) is 9.57. The number of thioether (sulfide) groups is 1. The summed E-state index contributed by atoms with van der Waals surface area (Å²) in [6.07, 6.45) is 0. The lowest BCUT2D eigenvalue weighted by Gasteiger charge is -2.31. The predicted molar refractivity (Wildman–Crippen MR) is 105 cm³/mol. The van der Waals surface area contributed by atoms with Gasteiger partial charge in [0.1, 0.15) is 0 Å². The molecule has 1 aliphatic rings. The molecular weight excluding hydrogens is 336 g/mol. The third-order valence-electron chi connectivity index (χ3n) is 3.55. The third kappa shape index (κ3) is 3.90. The summed E-state index contributed by atoms with van der Waals surface area (Å²) < 4.78 is 0.214. The van der Waals surface area contributed by atoms with Gasteiger partial charge in [-0.2, -0.15) is 11.8 Å². The lowest BCUT2D eigenvalue weighted by Crippen LogP contribution is -2.39. The maximum absolute atomic E-state index is 12.8. The van der Waals surface area contributed by atoms with Gasteiger partial charge in [0.2, 0.25) is 0 Å². The lowest BCUT2D eigenvalue weighted by atomic mass is 10.2. The van der Waals surface area contributed by atoms with Crippen molar-refractivity contribution in [2.24, 2.45) is 0 Å². The van der Waals surface area contributed by atoms with Crippen molar-refractivity contribution in [2.75, 3.05) is 17.2 Å². The molecule has 0 saturated heterocycles. The molecule has 2 aromatic carbocycles. The maximum Gasteiger partial charge on any atom is 0.326 e. The highest BCUT2D eigenvalue weighted by atomic mass is 32.2. The van der Waals surface area contributed by atoms with Crippen LogP contribution in [-0.4, -0.2) is 23.1 Å². The van der Waals surface area contributed by atoms with Crippen LogP contribution >= 0.6 is 23.5 Å². The number of carbonyl (C=O) groups excluding carboxylic acids is 1. The number of nitrogens with one attached hydrogen (secondary N) is 1. The molecule has 0 bridgehead atoms. The molecule has 1 aliphatic heterocycles. The van der Waals surface area contributed by atoms with Crippen LogP contribution in [0.2, 0.25) is 0 Å². The van der Waals surface area contributed by atoms with Crippen LogP contribution in [0, 0.1) is 0 Å². The van der Waals surface area contributed by atoms with Crippen molar-refractivity contribution in [3.8, 4) is 0 Å². The first-order valence-corrected chi connectivity index (χ1v) is 9.84. The van der Waals surface area contributed by atoms with Gasteiger partial charge in [0.25, 0.3) is 0 Å². The molecule has 1 N–H and O–H groups in total. The van der Waals surface area contributed by atoms with E-state index in [1.807, 2.05) is 48.2 Å². The van der Waals surface area contributed by atoms with Gasteiger partial charge < -0.3 is 5.32 Å². The van der Waals surface area contributed by atoms with E-state index in [9.17, 15) is 4.79 Å². The molecule has 0 spiro atoms. The fraction of sp³-hybridized carbons (Fsp3) is 0.316. The van der Waals surface area contributed by atoms with Crippen LogP contribution in [0.15, 0.2) is 58.3 Å². The van der Waals surface area contributed by atoms with Crippen LogP contribution in [-0.2, 0) is 0 Å². The Morgan fingerprint density at radius 2 is 1.58 bits per heavy atom. The zero-order valence-corrected chi connectivity index (χ0v) is 15.8. The number of fused-ring (bicyclic) bond motifs is 2. The minimum atomic E-state index is -0.0651. The average molecular weight is 359 g/mol. The fourth-order valence-electron chi connectivity index (χ4n) is 2.52. The van der Waals surface area contributed by atoms with Gasteiger partial charge in [-0.15, -0.1) is 0 Å². The molecule has 0 fully saturated rings. The standard InChI is InChI=1S/C19H22N2OS2/c1-19(2,3)23-13-12-20-18(22)21-14-8-4-6-10-16(14)24-17-11-7-5-9-15(17)21/h4-11H,12-13H2,1-3H3,(H,20,22). The van der Waals surface area contributed by atoms with Gasteiger partial charge in [-0.05, 0) is 24.3 Å². The summed E-state index contributed by atoms with van der Waals surface area (Å²) in [5.41, 5.74) is 1.89. The Hall–Kier alpha value is -1.59. The molecule has 0 saturated carbocycles. The molecule has 0 unspecified atom stereocenters. The number of hydrogen-bond donors (Lipinski definition) is 1. The Morgan fingerprint density at radius 1 is 1.04 bits per heavy atom. The summed E-state index contributed by atoms with van der Waals surface area (Å²) in [7, 11) is 0. The van der Waals surface area contributed by atoms with Crippen LogP contribution in [0.3, 0.4) is 0 Å². The van der Waals surface area contributed by atoms with Crippen molar-refractivity contribution >= 4 is 40.9 Å². The first-order valence-electron chi connectivity index (χ1n) is 8.03. The first kappa shape index (κ1) is 17.2. The Morgan fingerprint density at radius 3 is 2.12 bits per heavy atom. The average Bonchev–Trinajstić information content (AvgIpc) is 2.55. The van der Waals surface area contributed by atoms with Crippen LogP contribution < -0.4 is 10.2 Å². The zero-order chi connectivity index (χ0) is 17.2. The quantitative estimate of drug-likeness (QED) is 0.732. The molecule has 0 aliphatic carbocycles. The minimum absolute atomic E-state index is 0.0651. The van der Waals surface area contributed by atoms with Gasteiger partial charge in [0.15, 0.2) is 0 Å². The highest BCUT2D eigenvalue weighted by Gasteiger charge is 2.27. The van der Waals surface area contributed by atoms with Crippen LogP contribution in [0.25, 0.3) is 0 Å². The summed E-state index contributed by atoms with van der Waals surface area (Å²) in [5, 5.41) is 3.06. The molecule has 0 atom stereocenters. The lowest BCUT2D eigenvalue weighted by molar-refractivity contribution is 0.249. The second-order valence-electron chi connectivity index (χ2n) is 6.57. The smallest absolute Gasteiger partial charge is 0.326 e. The molecule has 3 nitrogen and oxygen atoms in total. The molecule has 0 radical (unpaired) electrons. The summed E-state index contributed by atoms with van der Waals surface area (Å²) in [5.74, 6) is 0.904. The second kappa shape index (κ2) is 7.11. The van der Waals surface area contributed by atoms with E-state index in [1.54, 1.807) is 16.7 Å². The van der Waals surface area contributed by atoms with Crippen LogP contribution in [0.4, 0.5) is 16.2 Å². The van der Waals surface area contributed by atoms with Crippen molar-refractivity contribution in [1.29, 1.82) is 0 Å². The van der Waals surface area contributed by atoms with E-state index in [-0.39, 0.29) is 10.8 Å². The van der Waals surface area contributed by atoms with E-state index in [4.69, 9.17) is 0 Å².